The van der Waals surface area contributed by atoms with E-state index in [9.17, 15) is 0 Å². The normalized spacial score (nSPS) is 19.8. The molecule has 0 unspecified atom stereocenters. The Morgan fingerprint density at radius 3 is 2.95 bits per heavy atom. The lowest BCUT2D eigenvalue weighted by Gasteiger charge is -2.34. The number of piperidine rings is 1. The van der Waals surface area contributed by atoms with Crippen molar-refractivity contribution < 1.29 is 0 Å². The molecule has 1 atom stereocenters. The number of thiazole rings is 1. The summed E-state index contributed by atoms with van der Waals surface area (Å²) in [5.74, 6) is 1.11. The maximum atomic E-state index is 4.90. The molecular weight excluding hydrogens is 290 g/mol. The number of hydrogen-bond donors (Lipinski definition) is 0. The predicted molar refractivity (Wildman–Crippen MR) is 91.3 cm³/mol. The van der Waals surface area contributed by atoms with Crippen LogP contribution in [0.4, 0.5) is 0 Å². The van der Waals surface area contributed by atoms with Gasteiger partial charge in [-0.05, 0) is 31.9 Å². The standard InChI is InChI=1S/C18H21N3S/c1-14-19-17(18-21(14)11-12-22-18)16-9-5-6-10-20(16)13-15-7-3-2-4-8-15/h2-4,7-8,11-12,16H,5-6,9-10,13H2,1H3/t16-/m0/s1. The molecule has 0 radical (unpaired) electrons. The molecule has 1 saturated heterocycles. The van der Waals surface area contributed by atoms with Crippen LogP contribution in [0.15, 0.2) is 41.9 Å². The van der Waals surface area contributed by atoms with E-state index in [-0.39, 0.29) is 0 Å². The molecule has 1 aliphatic heterocycles. The molecule has 0 amide bonds. The van der Waals surface area contributed by atoms with E-state index >= 15 is 0 Å². The van der Waals surface area contributed by atoms with Crippen LogP contribution in [-0.4, -0.2) is 20.8 Å². The first kappa shape index (κ1) is 14.0. The molecule has 22 heavy (non-hydrogen) atoms. The van der Waals surface area contributed by atoms with Crippen LogP contribution in [0.2, 0.25) is 0 Å². The number of hydrogen-bond acceptors (Lipinski definition) is 3. The summed E-state index contributed by atoms with van der Waals surface area (Å²) in [4.78, 5) is 8.83. The Balaban J connectivity index is 1.67. The van der Waals surface area contributed by atoms with Gasteiger partial charge in [0.1, 0.15) is 10.7 Å². The number of rotatable bonds is 3. The van der Waals surface area contributed by atoms with E-state index in [0.717, 1.165) is 12.4 Å². The van der Waals surface area contributed by atoms with Crippen LogP contribution in [0.1, 0.15) is 42.4 Å². The van der Waals surface area contributed by atoms with Crippen molar-refractivity contribution in [1.29, 1.82) is 0 Å². The molecule has 3 heterocycles. The first-order valence-electron chi connectivity index (χ1n) is 8.03. The Morgan fingerprint density at radius 2 is 2.09 bits per heavy atom. The third-order valence-electron chi connectivity index (χ3n) is 4.62. The van der Waals surface area contributed by atoms with Crippen LogP contribution in [0.5, 0.6) is 0 Å². The maximum Gasteiger partial charge on any atom is 0.124 e. The predicted octanol–water partition coefficient (Wildman–Crippen LogP) is 4.43. The Bertz CT molecular complexity index is 759. The van der Waals surface area contributed by atoms with Crippen molar-refractivity contribution in [3.63, 3.8) is 0 Å². The molecule has 1 aliphatic rings. The molecular formula is C18H21N3S. The first-order chi connectivity index (χ1) is 10.8. The van der Waals surface area contributed by atoms with Gasteiger partial charge in [-0.2, -0.15) is 0 Å². The minimum Gasteiger partial charge on any atom is -0.294 e. The average molecular weight is 311 g/mol. The Labute approximate surface area is 135 Å². The summed E-state index contributed by atoms with van der Waals surface area (Å²) in [6.07, 6.45) is 5.95. The van der Waals surface area contributed by atoms with Crippen molar-refractivity contribution in [1.82, 2.24) is 14.3 Å². The summed E-state index contributed by atoms with van der Waals surface area (Å²) in [6, 6.07) is 11.3. The molecule has 1 fully saturated rings. The van der Waals surface area contributed by atoms with Gasteiger partial charge in [0.2, 0.25) is 0 Å². The highest BCUT2D eigenvalue weighted by Crippen LogP contribution is 2.35. The van der Waals surface area contributed by atoms with Crippen LogP contribution >= 0.6 is 11.3 Å². The minimum atomic E-state index is 0.455. The van der Waals surface area contributed by atoms with Crippen molar-refractivity contribution in [3.8, 4) is 0 Å². The van der Waals surface area contributed by atoms with Gasteiger partial charge in [-0.3, -0.25) is 9.30 Å². The molecule has 2 aromatic heterocycles. The molecule has 3 aromatic rings. The minimum absolute atomic E-state index is 0.455. The second-order valence-electron chi connectivity index (χ2n) is 6.09. The molecule has 0 saturated carbocycles. The van der Waals surface area contributed by atoms with E-state index in [4.69, 9.17) is 4.98 Å². The first-order valence-corrected chi connectivity index (χ1v) is 8.91. The summed E-state index contributed by atoms with van der Waals surface area (Å²) < 4.78 is 2.23. The van der Waals surface area contributed by atoms with Gasteiger partial charge in [0.15, 0.2) is 0 Å². The Kier molecular flexibility index (Phi) is 3.72. The van der Waals surface area contributed by atoms with Crippen LogP contribution in [0.25, 0.3) is 4.83 Å². The summed E-state index contributed by atoms with van der Waals surface area (Å²) in [7, 11) is 0. The maximum absolute atomic E-state index is 4.90. The summed E-state index contributed by atoms with van der Waals surface area (Å²) in [5, 5.41) is 2.16. The molecule has 0 aliphatic carbocycles. The van der Waals surface area contributed by atoms with Crippen LogP contribution in [0.3, 0.4) is 0 Å². The van der Waals surface area contributed by atoms with Gasteiger partial charge < -0.3 is 0 Å². The topological polar surface area (TPSA) is 20.5 Å². The summed E-state index contributed by atoms with van der Waals surface area (Å²) >= 11 is 1.81. The van der Waals surface area contributed by atoms with Gasteiger partial charge in [-0.15, -0.1) is 11.3 Å². The third-order valence-corrected chi connectivity index (χ3v) is 5.50. The summed E-state index contributed by atoms with van der Waals surface area (Å²) in [5.41, 5.74) is 2.68. The molecule has 0 N–H and O–H groups in total. The molecule has 1 aromatic carbocycles. The van der Waals surface area contributed by atoms with Crippen molar-refractivity contribution in [2.45, 2.75) is 38.8 Å². The number of aryl methyl sites for hydroxylation is 1. The molecule has 0 bridgehead atoms. The lowest BCUT2D eigenvalue weighted by Crippen LogP contribution is -2.33. The lowest BCUT2D eigenvalue weighted by molar-refractivity contribution is 0.138. The van der Waals surface area contributed by atoms with Crippen LogP contribution in [0, 0.1) is 6.92 Å². The van der Waals surface area contributed by atoms with E-state index < -0.39 is 0 Å². The zero-order valence-corrected chi connectivity index (χ0v) is 13.7. The van der Waals surface area contributed by atoms with Gasteiger partial charge in [0.05, 0.1) is 11.7 Å². The SMILES string of the molecule is Cc1nc([C@@H]2CCCCN2Cc2ccccc2)c2sccn12. The smallest absolute Gasteiger partial charge is 0.124 e. The Hall–Kier alpha value is -1.65. The number of imidazole rings is 1. The fraction of sp³-hybridized carbons (Fsp3) is 0.389. The van der Waals surface area contributed by atoms with Gasteiger partial charge >= 0.3 is 0 Å². The second-order valence-corrected chi connectivity index (χ2v) is 6.98. The number of fused-ring (bicyclic) bond motifs is 1. The second kappa shape index (κ2) is 5.86. The summed E-state index contributed by atoms with van der Waals surface area (Å²) in [6.45, 7) is 4.30. The van der Waals surface area contributed by atoms with E-state index in [1.165, 1.54) is 41.9 Å². The monoisotopic (exact) mass is 311 g/mol. The fourth-order valence-electron chi connectivity index (χ4n) is 3.52. The highest BCUT2D eigenvalue weighted by molar-refractivity contribution is 7.15. The number of aromatic nitrogens is 2. The molecule has 3 nitrogen and oxygen atoms in total. The zero-order valence-electron chi connectivity index (χ0n) is 12.9. The number of nitrogens with zero attached hydrogens (tertiary/aromatic N) is 3. The third kappa shape index (κ3) is 2.46. The van der Waals surface area contributed by atoms with Crippen LogP contribution in [-0.2, 0) is 6.54 Å². The van der Waals surface area contributed by atoms with E-state index in [1.54, 1.807) is 0 Å². The van der Waals surface area contributed by atoms with Gasteiger partial charge in [-0.25, -0.2) is 4.98 Å². The van der Waals surface area contributed by atoms with Crippen molar-refractivity contribution in [2.75, 3.05) is 6.54 Å². The van der Waals surface area contributed by atoms with Crippen molar-refractivity contribution in [2.24, 2.45) is 0 Å². The van der Waals surface area contributed by atoms with E-state index in [1.807, 2.05) is 11.3 Å². The van der Waals surface area contributed by atoms with Crippen molar-refractivity contribution >= 4 is 16.2 Å². The molecule has 4 heteroatoms. The average Bonchev–Trinajstić information content (AvgIpc) is 3.14. The number of likely N-dealkylation sites (tertiary alicyclic amines) is 1. The van der Waals surface area contributed by atoms with E-state index in [0.29, 0.717) is 6.04 Å². The largest absolute Gasteiger partial charge is 0.294 e. The number of benzene rings is 1. The van der Waals surface area contributed by atoms with Crippen molar-refractivity contribution in [3.05, 3.63) is 59.0 Å². The van der Waals surface area contributed by atoms with Gasteiger partial charge in [0, 0.05) is 18.1 Å². The molecule has 114 valence electrons. The highest BCUT2D eigenvalue weighted by Gasteiger charge is 2.28. The quantitative estimate of drug-likeness (QED) is 0.713. The van der Waals surface area contributed by atoms with Crippen LogP contribution < -0.4 is 0 Å². The van der Waals surface area contributed by atoms with Gasteiger partial charge in [0.25, 0.3) is 0 Å². The fourth-order valence-corrected chi connectivity index (χ4v) is 4.44. The Morgan fingerprint density at radius 1 is 1.23 bits per heavy atom. The van der Waals surface area contributed by atoms with Gasteiger partial charge in [-0.1, -0.05) is 36.8 Å². The highest BCUT2D eigenvalue weighted by atomic mass is 32.1. The zero-order chi connectivity index (χ0) is 14.9. The lowest BCUT2D eigenvalue weighted by atomic mass is 9.99. The molecule has 4 rings (SSSR count). The van der Waals surface area contributed by atoms with E-state index in [2.05, 4.69) is 58.1 Å². The molecule has 0 spiro atoms.